The number of aliphatic hydroxyl groups is 1. The molecule has 3 aromatic rings. The van der Waals surface area contributed by atoms with Crippen molar-refractivity contribution >= 4 is 5.57 Å². The van der Waals surface area contributed by atoms with Gasteiger partial charge in [0, 0.05) is 12.6 Å². The fourth-order valence-corrected chi connectivity index (χ4v) is 4.21. The van der Waals surface area contributed by atoms with E-state index in [-0.39, 0.29) is 6.04 Å². The van der Waals surface area contributed by atoms with Gasteiger partial charge < -0.3 is 5.11 Å². The van der Waals surface area contributed by atoms with Crippen molar-refractivity contribution in [2.45, 2.75) is 31.9 Å². The average Bonchev–Trinajstić information content (AvgIpc) is 2.94. The van der Waals surface area contributed by atoms with Crippen LogP contribution in [0.2, 0.25) is 0 Å². The average molecular weight is 384 g/mol. The Morgan fingerprint density at radius 2 is 1.34 bits per heavy atom. The van der Waals surface area contributed by atoms with E-state index in [1.165, 1.54) is 27.8 Å². The Balaban J connectivity index is 1.62. The van der Waals surface area contributed by atoms with Crippen LogP contribution in [-0.4, -0.2) is 29.6 Å². The van der Waals surface area contributed by atoms with Gasteiger partial charge in [0.05, 0.1) is 6.10 Å². The van der Waals surface area contributed by atoms with Crippen molar-refractivity contribution in [1.82, 2.24) is 4.90 Å². The van der Waals surface area contributed by atoms with Crippen molar-refractivity contribution in [3.05, 3.63) is 113 Å². The number of aryl methyl sites for hydroxylation is 2. The highest BCUT2D eigenvalue weighted by Crippen LogP contribution is 2.33. The maximum atomic E-state index is 10.8. The molecule has 0 fully saturated rings. The lowest BCUT2D eigenvalue weighted by Gasteiger charge is -2.28. The van der Waals surface area contributed by atoms with E-state index in [2.05, 4.69) is 73.5 Å². The molecular formula is C27H29NO. The second kappa shape index (κ2) is 8.77. The predicted molar refractivity (Wildman–Crippen MR) is 121 cm³/mol. The summed E-state index contributed by atoms with van der Waals surface area (Å²) in [5, 5.41) is 10.8. The molecule has 0 aliphatic heterocycles. The van der Waals surface area contributed by atoms with Gasteiger partial charge >= 0.3 is 0 Å². The van der Waals surface area contributed by atoms with Gasteiger partial charge in [-0.1, -0.05) is 84.9 Å². The minimum Gasteiger partial charge on any atom is -0.387 e. The monoisotopic (exact) mass is 383 g/mol. The SMILES string of the molecule is CC(C(O)c1ccccc1)N(C)CC=C1c2ccccc2CCc2ccccc21. The zero-order chi connectivity index (χ0) is 20.2. The van der Waals surface area contributed by atoms with Crippen LogP contribution < -0.4 is 0 Å². The lowest BCUT2D eigenvalue weighted by atomic mass is 9.93. The molecule has 148 valence electrons. The van der Waals surface area contributed by atoms with E-state index in [1.54, 1.807) is 0 Å². The van der Waals surface area contributed by atoms with Gasteiger partial charge in [0.25, 0.3) is 0 Å². The molecule has 0 spiro atoms. The van der Waals surface area contributed by atoms with Gasteiger partial charge in [-0.05, 0) is 60.2 Å². The Morgan fingerprint density at radius 3 is 1.93 bits per heavy atom. The summed E-state index contributed by atoms with van der Waals surface area (Å²) in [5.74, 6) is 0. The van der Waals surface area contributed by atoms with Gasteiger partial charge in [-0.15, -0.1) is 0 Å². The fraction of sp³-hybridized carbons (Fsp3) is 0.259. The first-order chi connectivity index (χ1) is 14.1. The van der Waals surface area contributed by atoms with Crippen LogP contribution in [-0.2, 0) is 12.8 Å². The molecule has 0 heterocycles. The highest BCUT2D eigenvalue weighted by atomic mass is 16.3. The van der Waals surface area contributed by atoms with Crippen molar-refractivity contribution < 1.29 is 5.11 Å². The van der Waals surface area contributed by atoms with Crippen molar-refractivity contribution in [1.29, 1.82) is 0 Å². The molecule has 1 aliphatic carbocycles. The van der Waals surface area contributed by atoms with E-state index < -0.39 is 6.10 Å². The third-order valence-corrected chi connectivity index (χ3v) is 6.16. The highest BCUT2D eigenvalue weighted by Gasteiger charge is 2.21. The summed E-state index contributed by atoms with van der Waals surface area (Å²) in [4.78, 5) is 2.22. The van der Waals surface area contributed by atoms with Crippen LogP contribution in [0.4, 0.5) is 0 Å². The molecule has 2 heteroatoms. The van der Waals surface area contributed by atoms with Gasteiger partial charge in [0.2, 0.25) is 0 Å². The predicted octanol–water partition coefficient (Wildman–Crippen LogP) is 5.27. The van der Waals surface area contributed by atoms with Crippen LogP contribution in [0.1, 0.15) is 40.8 Å². The number of benzene rings is 3. The Labute approximate surface area is 174 Å². The normalized spacial score (nSPS) is 15.2. The molecule has 2 atom stereocenters. The van der Waals surface area contributed by atoms with Crippen molar-refractivity contribution in [3.8, 4) is 0 Å². The first-order valence-corrected chi connectivity index (χ1v) is 10.4. The second-order valence-corrected chi connectivity index (χ2v) is 7.97. The van der Waals surface area contributed by atoms with E-state index >= 15 is 0 Å². The van der Waals surface area contributed by atoms with Crippen molar-refractivity contribution in [2.24, 2.45) is 0 Å². The molecule has 2 nitrogen and oxygen atoms in total. The standard InChI is InChI=1S/C27H29NO/c1-20(27(29)23-12-4-3-5-13-23)28(2)19-18-26-24-14-8-6-10-21(24)16-17-22-11-7-9-15-25(22)26/h3-15,18,20,27,29H,16-17,19H2,1-2H3. The molecule has 0 aromatic heterocycles. The van der Waals surface area contributed by atoms with E-state index in [4.69, 9.17) is 0 Å². The van der Waals surface area contributed by atoms with Crippen molar-refractivity contribution in [3.63, 3.8) is 0 Å². The summed E-state index contributed by atoms with van der Waals surface area (Å²) < 4.78 is 0. The fourth-order valence-electron chi connectivity index (χ4n) is 4.21. The lowest BCUT2D eigenvalue weighted by molar-refractivity contribution is 0.0787. The van der Waals surface area contributed by atoms with Gasteiger partial charge in [-0.25, -0.2) is 0 Å². The van der Waals surface area contributed by atoms with Crippen LogP contribution in [0.25, 0.3) is 5.57 Å². The van der Waals surface area contributed by atoms with Crippen LogP contribution in [0.15, 0.2) is 84.9 Å². The summed E-state index contributed by atoms with van der Waals surface area (Å²) in [7, 11) is 2.09. The molecule has 1 N–H and O–H groups in total. The van der Waals surface area contributed by atoms with Gasteiger partial charge in [-0.3, -0.25) is 4.90 Å². The number of rotatable bonds is 5. The molecular weight excluding hydrogens is 354 g/mol. The van der Waals surface area contributed by atoms with Crippen LogP contribution in [0.5, 0.6) is 0 Å². The summed E-state index contributed by atoms with van der Waals surface area (Å²) in [6.45, 7) is 2.87. The van der Waals surface area contributed by atoms with E-state index in [9.17, 15) is 5.11 Å². The Bertz CT molecular complexity index is 943. The minimum atomic E-state index is -0.506. The van der Waals surface area contributed by atoms with Gasteiger partial charge in [0.15, 0.2) is 0 Å². The molecule has 0 saturated carbocycles. The molecule has 1 aliphatic rings. The zero-order valence-electron chi connectivity index (χ0n) is 17.3. The highest BCUT2D eigenvalue weighted by molar-refractivity contribution is 5.84. The van der Waals surface area contributed by atoms with E-state index in [1.807, 2.05) is 30.3 Å². The van der Waals surface area contributed by atoms with Gasteiger partial charge in [0.1, 0.15) is 0 Å². The second-order valence-electron chi connectivity index (χ2n) is 7.97. The molecule has 0 amide bonds. The zero-order valence-corrected chi connectivity index (χ0v) is 17.3. The molecule has 2 unspecified atom stereocenters. The van der Waals surface area contributed by atoms with Crippen LogP contribution in [0.3, 0.4) is 0 Å². The van der Waals surface area contributed by atoms with Gasteiger partial charge in [-0.2, -0.15) is 0 Å². The summed E-state index contributed by atoms with van der Waals surface area (Å²) >= 11 is 0. The molecule has 0 bridgehead atoms. The Hall–Kier alpha value is -2.68. The third-order valence-electron chi connectivity index (χ3n) is 6.16. The number of likely N-dealkylation sites (N-methyl/N-ethyl adjacent to an activating group) is 1. The summed E-state index contributed by atoms with van der Waals surface area (Å²) in [6.07, 6.45) is 3.97. The first-order valence-electron chi connectivity index (χ1n) is 10.4. The number of fused-ring (bicyclic) bond motifs is 2. The van der Waals surface area contributed by atoms with E-state index in [0.29, 0.717) is 0 Å². The summed E-state index contributed by atoms with van der Waals surface area (Å²) in [6, 6.07) is 27.5. The smallest absolute Gasteiger partial charge is 0.0942 e. The molecule has 0 radical (unpaired) electrons. The number of hydrogen-bond donors (Lipinski definition) is 1. The largest absolute Gasteiger partial charge is 0.387 e. The van der Waals surface area contributed by atoms with E-state index in [0.717, 1.165) is 24.9 Å². The maximum Gasteiger partial charge on any atom is 0.0942 e. The molecule has 3 aromatic carbocycles. The van der Waals surface area contributed by atoms with Crippen LogP contribution >= 0.6 is 0 Å². The topological polar surface area (TPSA) is 23.5 Å². The third kappa shape index (κ3) is 4.19. The van der Waals surface area contributed by atoms with Crippen molar-refractivity contribution in [2.75, 3.05) is 13.6 Å². The Morgan fingerprint density at radius 1 is 0.828 bits per heavy atom. The minimum absolute atomic E-state index is 0.0190. The number of aliphatic hydroxyl groups excluding tert-OH is 1. The first kappa shape index (κ1) is 19.6. The molecule has 29 heavy (non-hydrogen) atoms. The van der Waals surface area contributed by atoms with Crippen LogP contribution in [0, 0.1) is 0 Å². The maximum absolute atomic E-state index is 10.8. The summed E-state index contributed by atoms with van der Waals surface area (Å²) in [5.41, 5.74) is 7.76. The molecule has 0 saturated heterocycles. The number of nitrogens with zero attached hydrogens (tertiary/aromatic N) is 1. The lowest BCUT2D eigenvalue weighted by Crippen LogP contribution is -2.34. The molecule has 4 rings (SSSR count). The quantitative estimate of drug-likeness (QED) is 0.649. The number of hydrogen-bond acceptors (Lipinski definition) is 2. The Kier molecular flexibility index (Phi) is 5.94.